The summed E-state index contributed by atoms with van der Waals surface area (Å²) >= 11 is 2.11. The standard InChI is InChI=1S/C13H11IN2O4S/c14-9-2-4-10(5-3-9)16-21(19,20)12-6-1-8(13(17)18)7-11(12)15/h1-7,16H,15H2,(H,17,18). The minimum absolute atomic E-state index is 0.0688. The molecule has 0 amide bonds. The zero-order valence-corrected chi connectivity index (χ0v) is 13.6. The molecule has 0 aromatic heterocycles. The lowest BCUT2D eigenvalue weighted by molar-refractivity contribution is 0.0697. The summed E-state index contributed by atoms with van der Waals surface area (Å²) in [7, 11) is -3.87. The summed E-state index contributed by atoms with van der Waals surface area (Å²) < 4.78 is 27.9. The van der Waals surface area contributed by atoms with Crippen molar-refractivity contribution in [1.82, 2.24) is 0 Å². The lowest BCUT2D eigenvalue weighted by atomic mass is 10.2. The predicted molar refractivity (Wildman–Crippen MR) is 87.8 cm³/mol. The van der Waals surface area contributed by atoms with E-state index >= 15 is 0 Å². The van der Waals surface area contributed by atoms with Gasteiger partial charge in [0, 0.05) is 9.26 Å². The maximum Gasteiger partial charge on any atom is 0.335 e. The summed E-state index contributed by atoms with van der Waals surface area (Å²) in [6.45, 7) is 0. The van der Waals surface area contributed by atoms with Crippen LogP contribution in [0.15, 0.2) is 47.4 Å². The van der Waals surface area contributed by atoms with E-state index in [2.05, 4.69) is 27.3 Å². The SMILES string of the molecule is Nc1cc(C(=O)O)ccc1S(=O)(=O)Nc1ccc(I)cc1. The van der Waals surface area contributed by atoms with Crippen LogP contribution in [0.3, 0.4) is 0 Å². The largest absolute Gasteiger partial charge is 0.478 e. The van der Waals surface area contributed by atoms with E-state index in [1.54, 1.807) is 24.3 Å². The first-order valence-electron chi connectivity index (χ1n) is 5.71. The number of sulfonamides is 1. The topological polar surface area (TPSA) is 109 Å². The Kier molecular flexibility index (Phi) is 4.37. The molecule has 0 atom stereocenters. The van der Waals surface area contributed by atoms with Crippen LogP contribution in [0.2, 0.25) is 0 Å². The third-order valence-electron chi connectivity index (χ3n) is 2.64. The Hall–Kier alpha value is -1.81. The van der Waals surface area contributed by atoms with Crippen molar-refractivity contribution in [3.05, 3.63) is 51.6 Å². The second-order valence-electron chi connectivity index (χ2n) is 4.17. The minimum atomic E-state index is -3.87. The lowest BCUT2D eigenvalue weighted by Crippen LogP contribution is -2.15. The second kappa shape index (κ2) is 5.90. The Bertz CT molecular complexity index is 788. The Morgan fingerprint density at radius 3 is 2.29 bits per heavy atom. The molecule has 0 unspecified atom stereocenters. The first-order chi connectivity index (χ1) is 9.79. The van der Waals surface area contributed by atoms with Gasteiger partial charge in [-0.1, -0.05) is 0 Å². The number of carboxylic acids is 1. The average molecular weight is 418 g/mol. The fourth-order valence-electron chi connectivity index (χ4n) is 1.65. The summed E-state index contributed by atoms with van der Waals surface area (Å²) in [6.07, 6.45) is 0. The lowest BCUT2D eigenvalue weighted by Gasteiger charge is -2.10. The highest BCUT2D eigenvalue weighted by Gasteiger charge is 2.19. The molecule has 0 saturated carbocycles. The van der Waals surface area contributed by atoms with Crippen molar-refractivity contribution in [1.29, 1.82) is 0 Å². The molecule has 0 heterocycles. The zero-order valence-electron chi connectivity index (χ0n) is 10.6. The Labute approximate surface area is 135 Å². The second-order valence-corrected chi connectivity index (χ2v) is 7.07. The van der Waals surface area contributed by atoms with Crippen molar-refractivity contribution < 1.29 is 18.3 Å². The molecule has 21 heavy (non-hydrogen) atoms. The first-order valence-corrected chi connectivity index (χ1v) is 8.27. The van der Waals surface area contributed by atoms with Crippen LogP contribution in [-0.2, 0) is 10.0 Å². The average Bonchev–Trinajstić information content (AvgIpc) is 2.40. The molecular weight excluding hydrogens is 407 g/mol. The maximum atomic E-state index is 12.2. The van der Waals surface area contributed by atoms with Gasteiger partial charge in [-0.2, -0.15) is 0 Å². The molecule has 8 heteroatoms. The molecule has 0 saturated heterocycles. The number of halogens is 1. The number of carbonyl (C=O) groups is 1. The smallest absolute Gasteiger partial charge is 0.335 e. The van der Waals surface area contributed by atoms with Crippen LogP contribution in [-0.4, -0.2) is 19.5 Å². The summed E-state index contributed by atoms with van der Waals surface area (Å²) in [5.41, 5.74) is 5.85. The van der Waals surface area contributed by atoms with E-state index in [0.29, 0.717) is 5.69 Å². The van der Waals surface area contributed by atoms with Crippen molar-refractivity contribution in [2.24, 2.45) is 0 Å². The minimum Gasteiger partial charge on any atom is -0.478 e. The molecule has 0 fully saturated rings. The van der Waals surface area contributed by atoms with Crippen LogP contribution in [0.1, 0.15) is 10.4 Å². The number of anilines is 2. The van der Waals surface area contributed by atoms with E-state index in [1.807, 2.05) is 0 Å². The number of carboxylic acid groups (broad SMARTS) is 1. The van der Waals surface area contributed by atoms with Crippen molar-refractivity contribution in [2.75, 3.05) is 10.5 Å². The number of aromatic carboxylic acids is 1. The van der Waals surface area contributed by atoms with Crippen molar-refractivity contribution in [3.63, 3.8) is 0 Å². The summed E-state index contributed by atoms with van der Waals surface area (Å²) in [4.78, 5) is 10.7. The predicted octanol–water partition coefficient (Wildman–Crippen LogP) is 2.37. The molecule has 0 radical (unpaired) electrons. The summed E-state index contributed by atoms with van der Waals surface area (Å²) in [5.74, 6) is -1.17. The number of hydrogen-bond donors (Lipinski definition) is 3. The molecule has 0 aliphatic carbocycles. The van der Waals surface area contributed by atoms with E-state index in [9.17, 15) is 13.2 Å². The monoisotopic (exact) mass is 418 g/mol. The third kappa shape index (κ3) is 3.64. The van der Waals surface area contributed by atoms with Gasteiger partial charge in [0.05, 0.1) is 11.3 Å². The van der Waals surface area contributed by atoms with Crippen LogP contribution >= 0.6 is 22.6 Å². The zero-order chi connectivity index (χ0) is 15.6. The van der Waals surface area contributed by atoms with Gasteiger partial charge >= 0.3 is 5.97 Å². The normalized spacial score (nSPS) is 11.1. The Morgan fingerprint density at radius 2 is 1.76 bits per heavy atom. The fraction of sp³-hybridized carbons (Fsp3) is 0. The number of nitrogen functional groups attached to an aromatic ring is 1. The first kappa shape index (κ1) is 15.6. The molecule has 2 aromatic carbocycles. The van der Waals surface area contributed by atoms with E-state index in [1.165, 1.54) is 12.1 Å². The van der Waals surface area contributed by atoms with Crippen LogP contribution in [0.5, 0.6) is 0 Å². The highest BCUT2D eigenvalue weighted by atomic mass is 127. The molecule has 2 rings (SSSR count). The fourth-order valence-corrected chi connectivity index (χ4v) is 3.19. The van der Waals surface area contributed by atoms with E-state index in [0.717, 1.165) is 9.64 Å². The van der Waals surface area contributed by atoms with Gasteiger partial charge < -0.3 is 10.8 Å². The van der Waals surface area contributed by atoms with Gasteiger partial charge in [-0.05, 0) is 65.1 Å². The molecule has 6 nitrogen and oxygen atoms in total. The maximum absolute atomic E-state index is 12.2. The van der Waals surface area contributed by atoms with Crippen molar-refractivity contribution in [2.45, 2.75) is 4.90 Å². The molecule has 0 aliphatic rings. The number of hydrogen-bond acceptors (Lipinski definition) is 4. The number of nitrogens with two attached hydrogens (primary N) is 1. The van der Waals surface area contributed by atoms with Gasteiger partial charge in [0.15, 0.2) is 0 Å². The highest BCUT2D eigenvalue weighted by molar-refractivity contribution is 14.1. The van der Waals surface area contributed by atoms with Gasteiger partial charge in [0.25, 0.3) is 10.0 Å². The van der Waals surface area contributed by atoms with E-state index in [-0.39, 0.29) is 16.1 Å². The molecule has 2 aromatic rings. The van der Waals surface area contributed by atoms with Gasteiger partial charge in [0.1, 0.15) is 4.90 Å². The summed E-state index contributed by atoms with van der Waals surface area (Å²) in [5, 5.41) is 8.84. The van der Waals surface area contributed by atoms with Crippen LogP contribution in [0.4, 0.5) is 11.4 Å². The Morgan fingerprint density at radius 1 is 1.14 bits per heavy atom. The molecular formula is C13H11IN2O4S. The van der Waals surface area contributed by atoms with Crippen molar-refractivity contribution >= 4 is 50.0 Å². The Balaban J connectivity index is 2.35. The quantitative estimate of drug-likeness (QED) is 0.522. The van der Waals surface area contributed by atoms with Crippen LogP contribution < -0.4 is 10.5 Å². The number of rotatable bonds is 4. The summed E-state index contributed by atoms with van der Waals surface area (Å²) in [6, 6.07) is 10.3. The number of nitrogens with one attached hydrogen (secondary N) is 1. The molecule has 0 spiro atoms. The molecule has 0 aliphatic heterocycles. The van der Waals surface area contributed by atoms with Gasteiger partial charge in [-0.15, -0.1) is 0 Å². The third-order valence-corrected chi connectivity index (χ3v) is 4.82. The van der Waals surface area contributed by atoms with Gasteiger partial charge in [-0.25, -0.2) is 13.2 Å². The molecule has 0 bridgehead atoms. The van der Waals surface area contributed by atoms with Gasteiger partial charge in [0.2, 0.25) is 0 Å². The molecule has 4 N–H and O–H groups in total. The van der Waals surface area contributed by atoms with Crippen LogP contribution in [0.25, 0.3) is 0 Å². The van der Waals surface area contributed by atoms with E-state index in [4.69, 9.17) is 10.8 Å². The van der Waals surface area contributed by atoms with Crippen molar-refractivity contribution in [3.8, 4) is 0 Å². The van der Waals surface area contributed by atoms with E-state index < -0.39 is 16.0 Å². The highest BCUT2D eigenvalue weighted by Crippen LogP contribution is 2.23. The number of benzene rings is 2. The van der Waals surface area contributed by atoms with Gasteiger partial charge in [-0.3, -0.25) is 4.72 Å². The van der Waals surface area contributed by atoms with Crippen LogP contribution in [0, 0.1) is 3.57 Å². The molecule has 110 valence electrons.